The molecule has 4 nitrogen and oxygen atoms in total. The van der Waals surface area contributed by atoms with E-state index in [1.807, 2.05) is 0 Å². The number of alkyl halides is 3. The fourth-order valence-electron chi connectivity index (χ4n) is 3.53. The maximum absolute atomic E-state index is 12.7. The lowest BCUT2D eigenvalue weighted by atomic mass is 9.76. The summed E-state index contributed by atoms with van der Waals surface area (Å²) in [5.41, 5.74) is 4.95. The molecule has 7 heteroatoms. The van der Waals surface area contributed by atoms with Crippen molar-refractivity contribution >= 4 is 5.69 Å². The summed E-state index contributed by atoms with van der Waals surface area (Å²) in [5.74, 6) is 0.652. The number of halogens is 3. The topological polar surface area (TPSA) is 58.7 Å². The van der Waals surface area contributed by atoms with E-state index in [1.54, 1.807) is 0 Å². The predicted octanol–water partition coefficient (Wildman–Crippen LogP) is 3.16. The molecule has 1 saturated carbocycles. The number of hydrogen-bond donors (Lipinski definition) is 2. The van der Waals surface area contributed by atoms with Crippen LogP contribution in [-0.2, 0) is 6.18 Å². The number of nitrogens with two attached hydrogens (primary N) is 1. The van der Waals surface area contributed by atoms with E-state index in [9.17, 15) is 18.4 Å². The third-order valence-electron chi connectivity index (χ3n) is 4.57. The van der Waals surface area contributed by atoms with E-state index in [2.05, 4.69) is 0 Å². The maximum atomic E-state index is 12.7. The van der Waals surface area contributed by atoms with Crippen LogP contribution >= 0.6 is 0 Å². The van der Waals surface area contributed by atoms with Gasteiger partial charge >= 0.3 is 6.18 Å². The normalized spacial score (nSPS) is 29.4. The summed E-state index contributed by atoms with van der Waals surface area (Å²) in [7, 11) is 0. The lowest BCUT2D eigenvalue weighted by Gasteiger charge is -2.44. The van der Waals surface area contributed by atoms with Crippen LogP contribution in [0, 0.1) is 11.8 Å². The van der Waals surface area contributed by atoms with E-state index in [0.29, 0.717) is 18.8 Å². The van der Waals surface area contributed by atoms with Gasteiger partial charge in [-0.15, -0.1) is 0 Å². The summed E-state index contributed by atoms with van der Waals surface area (Å²) < 4.78 is 43.9. The Balaban J connectivity index is 1.78. The van der Waals surface area contributed by atoms with Gasteiger partial charge in [-0.1, -0.05) is 6.42 Å². The summed E-state index contributed by atoms with van der Waals surface area (Å²) in [5, 5.41) is 11.0. The molecule has 2 atom stereocenters. The fourth-order valence-corrected chi connectivity index (χ4v) is 3.53. The van der Waals surface area contributed by atoms with Gasteiger partial charge in [0.2, 0.25) is 0 Å². The molecular formula is C15H19F3N2O2. The van der Waals surface area contributed by atoms with Crippen LogP contribution in [0.4, 0.5) is 18.9 Å². The van der Waals surface area contributed by atoms with Crippen molar-refractivity contribution < 1.29 is 23.1 Å². The van der Waals surface area contributed by atoms with E-state index < -0.39 is 11.7 Å². The van der Waals surface area contributed by atoms with Crippen molar-refractivity contribution in [2.45, 2.75) is 31.5 Å². The van der Waals surface area contributed by atoms with Crippen molar-refractivity contribution in [2.75, 3.05) is 18.8 Å². The predicted molar refractivity (Wildman–Crippen MR) is 74.5 cm³/mol. The molecule has 2 aliphatic rings. The Morgan fingerprint density at radius 3 is 2.36 bits per heavy atom. The molecule has 3 N–H and O–H groups in total. The number of anilines is 1. The molecule has 0 spiro atoms. The Kier molecular flexibility index (Phi) is 3.94. The quantitative estimate of drug-likeness (QED) is 0.823. The molecule has 0 amide bonds. The van der Waals surface area contributed by atoms with Crippen LogP contribution in [0.1, 0.15) is 24.8 Å². The molecular weight excluding hydrogens is 297 g/mol. The third kappa shape index (κ3) is 3.01. The van der Waals surface area contributed by atoms with E-state index in [4.69, 9.17) is 10.5 Å². The molecule has 2 bridgehead atoms. The molecule has 1 aromatic rings. The first-order valence-corrected chi connectivity index (χ1v) is 7.42. The smallest absolute Gasteiger partial charge is 0.416 e. The molecule has 1 aromatic carbocycles. The number of rotatable bonds is 2. The highest BCUT2D eigenvalue weighted by molar-refractivity contribution is 5.55. The van der Waals surface area contributed by atoms with E-state index >= 15 is 0 Å². The molecule has 0 aromatic heterocycles. The number of benzene rings is 1. The van der Waals surface area contributed by atoms with Crippen molar-refractivity contribution in [3.8, 4) is 5.75 Å². The lowest BCUT2D eigenvalue weighted by Crippen LogP contribution is -2.52. The Morgan fingerprint density at radius 2 is 1.82 bits per heavy atom. The molecule has 0 unspecified atom stereocenters. The first-order chi connectivity index (χ1) is 10.3. The Morgan fingerprint density at radius 1 is 1.18 bits per heavy atom. The molecule has 1 aliphatic carbocycles. The Labute approximate surface area is 126 Å². The molecule has 0 radical (unpaired) electrons. The lowest BCUT2D eigenvalue weighted by molar-refractivity contribution is -0.170. The third-order valence-corrected chi connectivity index (χ3v) is 4.57. The van der Waals surface area contributed by atoms with Crippen LogP contribution < -0.4 is 10.5 Å². The second-order valence-corrected chi connectivity index (χ2v) is 6.16. The summed E-state index contributed by atoms with van der Waals surface area (Å²) in [6.45, 7) is 1.06. The number of hydroxylamine groups is 2. The van der Waals surface area contributed by atoms with Crippen LogP contribution in [0.15, 0.2) is 18.2 Å². The monoisotopic (exact) mass is 316 g/mol. The minimum absolute atomic E-state index is 0.000624. The van der Waals surface area contributed by atoms with Crippen LogP contribution in [0.2, 0.25) is 0 Å². The number of nitrogens with zero attached hydrogens (tertiary/aromatic N) is 1. The molecule has 22 heavy (non-hydrogen) atoms. The van der Waals surface area contributed by atoms with Gasteiger partial charge in [-0.3, -0.25) is 0 Å². The standard InChI is InChI=1S/C15H19F3N2O2/c16-15(17,18)11-4-5-13(12(19)6-11)22-14-9-2-1-3-10(14)8-20(21)7-9/h4-6,9-10,14,21H,1-3,7-8,19H2/t9-,10-/m0/s1. The van der Waals surface area contributed by atoms with Gasteiger partial charge < -0.3 is 15.7 Å². The molecule has 1 saturated heterocycles. The summed E-state index contributed by atoms with van der Waals surface area (Å²) in [4.78, 5) is 0. The van der Waals surface area contributed by atoms with Gasteiger partial charge in [0.1, 0.15) is 11.9 Å². The van der Waals surface area contributed by atoms with Crippen LogP contribution in [0.25, 0.3) is 0 Å². The second-order valence-electron chi connectivity index (χ2n) is 6.16. The van der Waals surface area contributed by atoms with Gasteiger partial charge in [0.15, 0.2) is 0 Å². The van der Waals surface area contributed by atoms with Crippen LogP contribution in [-0.4, -0.2) is 29.5 Å². The molecule has 2 fully saturated rings. The van der Waals surface area contributed by atoms with Gasteiger partial charge in [-0.05, 0) is 31.0 Å². The highest BCUT2D eigenvalue weighted by Gasteiger charge is 2.41. The summed E-state index contributed by atoms with van der Waals surface area (Å²) >= 11 is 0. The maximum Gasteiger partial charge on any atom is 0.416 e. The van der Waals surface area contributed by atoms with E-state index in [-0.39, 0.29) is 23.6 Å². The van der Waals surface area contributed by atoms with Crippen molar-refractivity contribution in [1.82, 2.24) is 5.06 Å². The minimum Gasteiger partial charge on any atom is -0.488 e. The minimum atomic E-state index is -4.41. The SMILES string of the molecule is Nc1cc(C(F)(F)F)ccc1OC1[C@H]2CCC[C@H]1CN(O)C2. The molecule has 1 aliphatic heterocycles. The van der Waals surface area contributed by atoms with Crippen molar-refractivity contribution in [2.24, 2.45) is 11.8 Å². The number of fused-ring (bicyclic) bond motifs is 2. The van der Waals surface area contributed by atoms with Gasteiger partial charge in [0.25, 0.3) is 0 Å². The number of piperidine rings is 1. The Hall–Kier alpha value is -1.47. The first kappa shape index (κ1) is 15.4. The van der Waals surface area contributed by atoms with Crippen LogP contribution in [0.5, 0.6) is 5.75 Å². The van der Waals surface area contributed by atoms with Gasteiger partial charge in [0, 0.05) is 24.9 Å². The fraction of sp³-hybridized carbons (Fsp3) is 0.600. The molecule has 122 valence electrons. The first-order valence-electron chi connectivity index (χ1n) is 7.42. The van der Waals surface area contributed by atoms with Crippen LogP contribution in [0.3, 0.4) is 0 Å². The zero-order valence-electron chi connectivity index (χ0n) is 12.0. The van der Waals surface area contributed by atoms with Gasteiger partial charge in [-0.25, -0.2) is 0 Å². The van der Waals surface area contributed by atoms with Gasteiger partial charge in [-0.2, -0.15) is 18.2 Å². The van der Waals surface area contributed by atoms with E-state index in [0.717, 1.165) is 31.4 Å². The number of nitrogen functional groups attached to an aromatic ring is 1. The van der Waals surface area contributed by atoms with Crippen molar-refractivity contribution in [3.05, 3.63) is 23.8 Å². The van der Waals surface area contributed by atoms with Crippen molar-refractivity contribution in [3.63, 3.8) is 0 Å². The second kappa shape index (κ2) is 5.62. The molecule has 3 rings (SSSR count). The highest BCUT2D eigenvalue weighted by atomic mass is 19.4. The number of ether oxygens (including phenoxy) is 1. The zero-order chi connectivity index (χ0) is 15.9. The number of hydrogen-bond acceptors (Lipinski definition) is 4. The van der Waals surface area contributed by atoms with Gasteiger partial charge in [0.05, 0.1) is 11.3 Å². The zero-order valence-corrected chi connectivity index (χ0v) is 12.0. The molecule has 1 heterocycles. The van der Waals surface area contributed by atoms with E-state index in [1.165, 1.54) is 11.1 Å². The average molecular weight is 316 g/mol. The Bertz CT molecular complexity index is 536. The summed E-state index contributed by atoms with van der Waals surface area (Å²) in [6.07, 6.45) is -1.54. The largest absolute Gasteiger partial charge is 0.488 e. The summed E-state index contributed by atoms with van der Waals surface area (Å²) in [6, 6.07) is 3.19. The van der Waals surface area contributed by atoms with Crippen molar-refractivity contribution in [1.29, 1.82) is 0 Å². The average Bonchev–Trinajstić information content (AvgIpc) is 2.40. The highest BCUT2D eigenvalue weighted by Crippen LogP contribution is 2.39.